The highest BCUT2D eigenvalue weighted by molar-refractivity contribution is 5.23. The summed E-state index contributed by atoms with van der Waals surface area (Å²) in [6, 6.07) is 11.1. The predicted octanol–water partition coefficient (Wildman–Crippen LogP) is 2.82. The second-order valence-electron chi connectivity index (χ2n) is 4.01. The molecule has 17 heavy (non-hydrogen) atoms. The van der Waals surface area contributed by atoms with Crippen LogP contribution in [-0.4, -0.2) is 4.98 Å². The van der Waals surface area contributed by atoms with Gasteiger partial charge in [0.25, 0.3) is 0 Å². The molecule has 0 aliphatic carbocycles. The van der Waals surface area contributed by atoms with Crippen LogP contribution >= 0.6 is 0 Å². The Bertz CT molecular complexity index is 483. The normalized spacial score (nSPS) is 10.5. The molecule has 3 heteroatoms. The van der Waals surface area contributed by atoms with Crippen molar-refractivity contribution in [1.82, 2.24) is 10.3 Å². The van der Waals surface area contributed by atoms with E-state index < -0.39 is 0 Å². The maximum atomic E-state index is 13.3. The Hall–Kier alpha value is -1.74. The van der Waals surface area contributed by atoms with E-state index in [2.05, 4.69) is 10.3 Å². The fourth-order valence-corrected chi connectivity index (χ4v) is 1.58. The van der Waals surface area contributed by atoms with Crippen LogP contribution in [0.15, 0.2) is 42.6 Å². The molecule has 0 amide bonds. The lowest BCUT2D eigenvalue weighted by molar-refractivity contribution is 0.610. The maximum absolute atomic E-state index is 13.3. The van der Waals surface area contributed by atoms with E-state index in [1.807, 2.05) is 24.3 Å². The number of benzene rings is 1. The van der Waals surface area contributed by atoms with Crippen molar-refractivity contribution in [2.45, 2.75) is 20.0 Å². The average Bonchev–Trinajstić information content (AvgIpc) is 2.35. The van der Waals surface area contributed by atoms with Gasteiger partial charge < -0.3 is 5.32 Å². The van der Waals surface area contributed by atoms with Crippen molar-refractivity contribution in [2.75, 3.05) is 0 Å². The second kappa shape index (κ2) is 5.55. The molecular formula is C14H15FN2. The number of nitrogens with zero attached hydrogens (tertiary/aromatic N) is 1. The zero-order chi connectivity index (χ0) is 12.1. The molecule has 88 valence electrons. The van der Waals surface area contributed by atoms with E-state index in [9.17, 15) is 4.39 Å². The van der Waals surface area contributed by atoms with Gasteiger partial charge in [0.2, 0.25) is 0 Å². The highest BCUT2D eigenvalue weighted by Gasteiger charge is 1.99. The van der Waals surface area contributed by atoms with Gasteiger partial charge in [-0.2, -0.15) is 0 Å². The standard InChI is InChI=1S/C14H15FN2/c1-11-5-6-12(8-14(11)15)9-16-10-13-4-2-3-7-17-13/h2-8,16H,9-10H2,1H3. The number of pyridine rings is 1. The van der Waals surface area contributed by atoms with E-state index in [4.69, 9.17) is 0 Å². The largest absolute Gasteiger partial charge is 0.307 e. The zero-order valence-corrected chi connectivity index (χ0v) is 9.78. The van der Waals surface area contributed by atoms with Gasteiger partial charge in [0.15, 0.2) is 0 Å². The summed E-state index contributed by atoms with van der Waals surface area (Å²) in [4.78, 5) is 4.21. The van der Waals surface area contributed by atoms with Crippen molar-refractivity contribution < 1.29 is 4.39 Å². The Morgan fingerprint density at radius 3 is 2.76 bits per heavy atom. The van der Waals surface area contributed by atoms with E-state index in [1.165, 1.54) is 0 Å². The Balaban J connectivity index is 1.88. The molecule has 1 aromatic carbocycles. The van der Waals surface area contributed by atoms with Crippen molar-refractivity contribution in [3.8, 4) is 0 Å². The Kier molecular flexibility index (Phi) is 3.83. The summed E-state index contributed by atoms with van der Waals surface area (Å²) in [6.07, 6.45) is 1.77. The van der Waals surface area contributed by atoms with Crippen molar-refractivity contribution in [3.05, 3.63) is 65.2 Å². The van der Waals surface area contributed by atoms with Gasteiger partial charge in [0, 0.05) is 19.3 Å². The van der Waals surface area contributed by atoms with E-state index in [1.54, 1.807) is 25.3 Å². The SMILES string of the molecule is Cc1ccc(CNCc2ccccn2)cc1F. The number of rotatable bonds is 4. The first-order valence-electron chi connectivity index (χ1n) is 5.61. The fourth-order valence-electron chi connectivity index (χ4n) is 1.58. The molecule has 0 saturated carbocycles. The van der Waals surface area contributed by atoms with Gasteiger partial charge in [-0.25, -0.2) is 4.39 Å². The Labute approximate surface area is 101 Å². The van der Waals surface area contributed by atoms with Gasteiger partial charge in [-0.15, -0.1) is 0 Å². The van der Waals surface area contributed by atoms with E-state index in [0.717, 1.165) is 11.3 Å². The molecule has 0 bridgehead atoms. The molecule has 0 saturated heterocycles. The summed E-state index contributed by atoms with van der Waals surface area (Å²) in [5, 5.41) is 3.24. The highest BCUT2D eigenvalue weighted by Crippen LogP contribution is 2.08. The van der Waals surface area contributed by atoms with Gasteiger partial charge in [0.05, 0.1) is 5.69 Å². The van der Waals surface area contributed by atoms with Crippen LogP contribution in [0.3, 0.4) is 0 Å². The van der Waals surface area contributed by atoms with Gasteiger partial charge in [-0.05, 0) is 36.2 Å². The molecule has 0 fully saturated rings. The smallest absolute Gasteiger partial charge is 0.126 e. The third kappa shape index (κ3) is 3.36. The number of aromatic nitrogens is 1. The first-order valence-corrected chi connectivity index (χ1v) is 5.61. The van der Waals surface area contributed by atoms with Crippen LogP contribution in [-0.2, 0) is 13.1 Å². The highest BCUT2D eigenvalue weighted by atomic mass is 19.1. The predicted molar refractivity (Wildman–Crippen MR) is 65.9 cm³/mol. The summed E-state index contributed by atoms with van der Waals surface area (Å²) < 4.78 is 13.3. The number of hydrogen-bond acceptors (Lipinski definition) is 2. The molecule has 0 atom stereocenters. The van der Waals surface area contributed by atoms with Crippen LogP contribution in [0, 0.1) is 12.7 Å². The zero-order valence-electron chi connectivity index (χ0n) is 9.78. The average molecular weight is 230 g/mol. The third-order valence-corrected chi connectivity index (χ3v) is 2.60. The summed E-state index contributed by atoms with van der Waals surface area (Å²) in [7, 11) is 0. The van der Waals surface area contributed by atoms with E-state index >= 15 is 0 Å². The van der Waals surface area contributed by atoms with Crippen molar-refractivity contribution >= 4 is 0 Å². The van der Waals surface area contributed by atoms with Crippen LogP contribution in [0.2, 0.25) is 0 Å². The van der Waals surface area contributed by atoms with E-state index in [0.29, 0.717) is 18.7 Å². The molecule has 2 rings (SSSR count). The van der Waals surface area contributed by atoms with Gasteiger partial charge >= 0.3 is 0 Å². The lowest BCUT2D eigenvalue weighted by atomic mass is 10.1. The van der Waals surface area contributed by atoms with Crippen LogP contribution in [0.25, 0.3) is 0 Å². The van der Waals surface area contributed by atoms with Gasteiger partial charge in [-0.3, -0.25) is 4.98 Å². The van der Waals surface area contributed by atoms with Crippen LogP contribution in [0.5, 0.6) is 0 Å². The molecule has 0 aliphatic rings. The van der Waals surface area contributed by atoms with Crippen LogP contribution in [0.4, 0.5) is 4.39 Å². The van der Waals surface area contributed by atoms with Crippen molar-refractivity contribution in [3.63, 3.8) is 0 Å². The molecule has 0 radical (unpaired) electrons. The first-order chi connectivity index (χ1) is 8.25. The lowest BCUT2D eigenvalue weighted by Crippen LogP contribution is -2.13. The summed E-state index contributed by atoms with van der Waals surface area (Å²) in [5.74, 6) is -0.151. The molecule has 0 spiro atoms. The molecule has 0 aliphatic heterocycles. The maximum Gasteiger partial charge on any atom is 0.126 e. The van der Waals surface area contributed by atoms with Crippen LogP contribution in [0.1, 0.15) is 16.8 Å². The monoisotopic (exact) mass is 230 g/mol. The topological polar surface area (TPSA) is 24.9 Å². The summed E-state index contributed by atoms with van der Waals surface area (Å²) in [6.45, 7) is 3.10. The molecule has 0 unspecified atom stereocenters. The number of nitrogens with one attached hydrogen (secondary N) is 1. The summed E-state index contributed by atoms with van der Waals surface area (Å²) in [5.41, 5.74) is 2.61. The van der Waals surface area contributed by atoms with Gasteiger partial charge in [0.1, 0.15) is 5.82 Å². The molecule has 2 aromatic rings. The first kappa shape index (κ1) is 11.7. The summed E-state index contributed by atoms with van der Waals surface area (Å²) >= 11 is 0. The molecular weight excluding hydrogens is 215 g/mol. The van der Waals surface area contributed by atoms with Crippen molar-refractivity contribution in [2.24, 2.45) is 0 Å². The Morgan fingerprint density at radius 2 is 2.06 bits per heavy atom. The van der Waals surface area contributed by atoms with Crippen molar-refractivity contribution in [1.29, 1.82) is 0 Å². The Morgan fingerprint density at radius 1 is 1.18 bits per heavy atom. The minimum atomic E-state index is -0.151. The minimum absolute atomic E-state index is 0.151. The van der Waals surface area contributed by atoms with E-state index in [-0.39, 0.29) is 5.82 Å². The fraction of sp³-hybridized carbons (Fsp3) is 0.214. The third-order valence-electron chi connectivity index (χ3n) is 2.60. The molecule has 1 N–H and O–H groups in total. The number of hydrogen-bond donors (Lipinski definition) is 1. The lowest BCUT2D eigenvalue weighted by Gasteiger charge is -2.05. The molecule has 2 nitrogen and oxygen atoms in total. The quantitative estimate of drug-likeness (QED) is 0.873. The van der Waals surface area contributed by atoms with Crippen LogP contribution < -0.4 is 5.32 Å². The molecule has 1 heterocycles. The number of aryl methyl sites for hydroxylation is 1. The second-order valence-corrected chi connectivity index (χ2v) is 4.01. The minimum Gasteiger partial charge on any atom is -0.307 e. The van der Waals surface area contributed by atoms with Gasteiger partial charge in [-0.1, -0.05) is 18.2 Å². The number of halogens is 1. The molecule has 1 aromatic heterocycles.